The van der Waals surface area contributed by atoms with E-state index in [2.05, 4.69) is 31.2 Å². The summed E-state index contributed by atoms with van der Waals surface area (Å²) in [4.78, 5) is 45.8. The summed E-state index contributed by atoms with van der Waals surface area (Å²) >= 11 is 3.30. The summed E-state index contributed by atoms with van der Waals surface area (Å²) in [5, 5.41) is 2.83. The number of imidazole rings is 1. The third-order valence-corrected chi connectivity index (χ3v) is 5.34. The Morgan fingerprint density at radius 2 is 1.90 bits per heavy atom. The van der Waals surface area contributed by atoms with Gasteiger partial charge in [-0.15, -0.1) is 0 Å². The summed E-state index contributed by atoms with van der Waals surface area (Å²) in [6.45, 7) is 0.574. The molecule has 1 aliphatic heterocycles. The summed E-state index contributed by atoms with van der Waals surface area (Å²) in [7, 11) is 0. The van der Waals surface area contributed by atoms with Crippen molar-refractivity contribution in [2.45, 2.75) is 19.3 Å². The smallest absolute Gasteiger partial charge is 0.261 e. The van der Waals surface area contributed by atoms with E-state index in [-0.39, 0.29) is 30.7 Å². The topological polar surface area (TPSA) is 95.2 Å². The number of carbonyl (C=O) groups is 3. The number of hydrogen-bond acceptors (Lipinski definition) is 4. The molecule has 0 radical (unpaired) electrons. The van der Waals surface area contributed by atoms with Gasteiger partial charge in [-0.2, -0.15) is 0 Å². The molecular weight excluding hydrogens is 436 g/mol. The first-order valence-corrected chi connectivity index (χ1v) is 10.2. The van der Waals surface area contributed by atoms with E-state index in [0.717, 1.165) is 39.1 Å². The number of nitrogens with one attached hydrogen (secondary N) is 2. The molecule has 0 saturated carbocycles. The molecule has 3 amide bonds. The Bertz CT molecular complexity index is 1080. The molecule has 8 heteroatoms. The average Bonchev–Trinajstić information content (AvgIpc) is 3.23. The van der Waals surface area contributed by atoms with Crippen LogP contribution in [0.1, 0.15) is 39.4 Å². The lowest BCUT2D eigenvalue weighted by Gasteiger charge is -2.13. The minimum atomic E-state index is -0.357. The van der Waals surface area contributed by atoms with Crippen molar-refractivity contribution in [1.82, 2.24) is 20.2 Å². The number of carbonyl (C=O) groups excluding carboxylic acids is 3. The van der Waals surface area contributed by atoms with Gasteiger partial charge >= 0.3 is 0 Å². The Morgan fingerprint density at radius 1 is 1.10 bits per heavy atom. The van der Waals surface area contributed by atoms with Crippen molar-refractivity contribution in [1.29, 1.82) is 0 Å². The molecule has 1 aliphatic rings. The fourth-order valence-corrected chi connectivity index (χ4v) is 3.74. The van der Waals surface area contributed by atoms with Crippen LogP contribution >= 0.6 is 15.9 Å². The Morgan fingerprint density at radius 3 is 2.72 bits per heavy atom. The molecule has 0 fully saturated rings. The van der Waals surface area contributed by atoms with Gasteiger partial charge in [-0.05, 0) is 36.8 Å². The van der Waals surface area contributed by atoms with E-state index in [4.69, 9.17) is 0 Å². The van der Waals surface area contributed by atoms with Crippen molar-refractivity contribution >= 4 is 44.7 Å². The molecule has 148 valence electrons. The SMILES string of the molecule is O=C(CCN1C(=O)c2ccc(Br)cc2C1=O)NCCCc1nc2ccccc2[nH]1. The second kappa shape index (κ2) is 8.16. The summed E-state index contributed by atoms with van der Waals surface area (Å²) in [6.07, 6.45) is 1.55. The Balaban J connectivity index is 1.22. The number of imide groups is 1. The number of hydrogen-bond donors (Lipinski definition) is 2. The van der Waals surface area contributed by atoms with Crippen LogP contribution in [0.15, 0.2) is 46.9 Å². The fraction of sp³-hybridized carbons (Fsp3) is 0.238. The van der Waals surface area contributed by atoms with Crippen LogP contribution < -0.4 is 5.32 Å². The maximum Gasteiger partial charge on any atom is 0.261 e. The Labute approximate surface area is 175 Å². The van der Waals surface area contributed by atoms with Crippen LogP contribution in [0.4, 0.5) is 0 Å². The number of fused-ring (bicyclic) bond motifs is 2. The molecule has 4 rings (SSSR count). The fourth-order valence-electron chi connectivity index (χ4n) is 3.38. The van der Waals surface area contributed by atoms with Gasteiger partial charge in [-0.25, -0.2) is 4.98 Å². The zero-order chi connectivity index (χ0) is 20.4. The van der Waals surface area contributed by atoms with E-state index in [1.165, 1.54) is 0 Å². The normalized spacial score (nSPS) is 13.2. The van der Waals surface area contributed by atoms with E-state index >= 15 is 0 Å². The highest BCUT2D eigenvalue weighted by Crippen LogP contribution is 2.26. The zero-order valence-electron chi connectivity index (χ0n) is 15.6. The number of nitrogens with zero attached hydrogens (tertiary/aromatic N) is 2. The first kappa shape index (κ1) is 19.3. The lowest BCUT2D eigenvalue weighted by Crippen LogP contribution is -2.34. The molecule has 1 aromatic heterocycles. The van der Waals surface area contributed by atoms with Crippen molar-refractivity contribution in [3.05, 3.63) is 63.9 Å². The van der Waals surface area contributed by atoms with Gasteiger partial charge in [0.05, 0.1) is 22.2 Å². The molecule has 29 heavy (non-hydrogen) atoms. The van der Waals surface area contributed by atoms with Crippen molar-refractivity contribution in [2.75, 3.05) is 13.1 Å². The second-order valence-electron chi connectivity index (χ2n) is 6.86. The minimum Gasteiger partial charge on any atom is -0.356 e. The number of aryl methyl sites for hydroxylation is 1. The van der Waals surface area contributed by atoms with Gasteiger partial charge < -0.3 is 10.3 Å². The molecule has 3 aromatic rings. The van der Waals surface area contributed by atoms with Crippen molar-refractivity contribution in [3.8, 4) is 0 Å². The van der Waals surface area contributed by atoms with Crippen LogP contribution in [0.25, 0.3) is 11.0 Å². The van der Waals surface area contributed by atoms with Crippen LogP contribution in [0.5, 0.6) is 0 Å². The molecule has 0 unspecified atom stereocenters. The Hall–Kier alpha value is -3.00. The first-order valence-electron chi connectivity index (χ1n) is 9.39. The lowest BCUT2D eigenvalue weighted by atomic mass is 10.1. The van der Waals surface area contributed by atoms with Crippen LogP contribution in [0.2, 0.25) is 0 Å². The molecule has 0 aliphatic carbocycles. The van der Waals surface area contributed by atoms with Gasteiger partial charge in [-0.3, -0.25) is 19.3 Å². The van der Waals surface area contributed by atoms with Crippen LogP contribution in [0.3, 0.4) is 0 Å². The summed E-state index contributed by atoms with van der Waals surface area (Å²) < 4.78 is 0.737. The predicted octanol–water partition coefficient (Wildman–Crippen LogP) is 3.06. The van der Waals surface area contributed by atoms with Gasteiger partial charge in [0.25, 0.3) is 11.8 Å². The molecular formula is C21H19BrN4O3. The molecule has 2 heterocycles. The molecule has 2 N–H and O–H groups in total. The van der Waals surface area contributed by atoms with E-state index in [9.17, 15) is 14.4 Å². The molecule has 0 saturated heterocycles. The second-order valence-corrected chi connectivity index (χ2v) is 7.77. The maximum absolute atomic E-state index is 12.4. The highest BCUT2D eigenvalue weighted by Gasteiger charge is 2.35. The number of halogens is 1. The van der Waals surface area contributed by atoms with E-state index in [1.807, 2.05) is 24.3 Å². The number of H-pyrrole nitrogens is 1. The number of amides is 3. The first-order chi connectivity index (χ1) is 14.0. The number of aromatic nitrogens is 2. The van der Waals surface area contributed by atoms with E-state index in [1.54, 1.807) is 18.2 Å². The number of benzene rings is 2. The standard InChI is InChI=1S/C21H19BrN4O3/c22-13-7-8-14-15(12-13)21(29)26(20(14)28)11-9-19(27)23-10-3-6-18-24-16-4-1-2-5-17(16)25-18/h1-2,4-5,7-8,12H,3,6,9-11H2,(H,23,27)(H,24,25). The van der Waals surface area contributed by atoms with Crippen LogP contribution in [0, 0.1) is 0 Å². The molecule has 0 bridgehead atoms. The third-order valence-electron chi connectivity index (χ3n) is 4.85. The summed E-state index contributed by atoms with van der Waals surface area (Å²) in [5.74, 6) is -0.0100. The highest BCUT2D eigenvalue weighted by molar-refractivity contribution is 9.10. The third kappa shape index (κ3) is 4.07. The quantitative estimate of drug-likeness (QED) is 0.423. The van der Waals surface area contributed by atoms with Crippen molar-refractivity contribution in [3.63, 3.8) is 0 Å². The number of rotatable bonds is 7. The highest BCUT2D eigenvalue weighted by atomic mass is 79.9. The van der Waals surface area contributed by atoms with Crippen molar-refractivity contribution < 1.29 is 14.4 Å². The van der Waals surface area contributed by atoms with Gasteiger partial charge in [0, 0.05) is 30.4 Å². The average molecular weight is 455 g/mol. The van der Waals surface area contributed by atoms with E-state index in [0.29, 0.717) is 17.7 Å². The van der Waals surface area contributed by atoms with Crippen molar-refractivity contribution in [2.24, 2.45) is 0 Å². The van der Waals surface area contributed by atoms with E-state index < -0.39 is 0 Å². The maximum atomic E-state index is 12.4. The monoisotopic (exact) mass is 454 g/mol. The van der Waals surface area contributed by atoms with Crippen LogP contribution in [-0.4, -0.2) is 45.7 Å². The Kier molecular flexibility index (Phi) is 5.44. The van der Waals surface area contributed by atoms with Gasteiger partial charge in [0.2, 0.25) is 5.91 Å². The van der Waals surface area contributed by atoms with Gasteiger partial charge in [0.15, 0.2) is 0 Å². The summed E-state index contributed by atoms with van der Waals surface area (Å²) in [5.41, 5.74) is 2.68. The largest absolute Gasteiger partial charge is 0.356 e. The van der Waals surface area contributed by atoms with Gasteiger partial charge in [-0.1, -0.05) is 28.1 Å². The van der Waals surface area contributed by atoms with Gasteiger partial charge in [0.1, 0.15) is 5.82 Å². The summed E-state index contributed by atoms with van der Waals surface area (Å²) in [6, 6.07) is 12.8. The molecule has 0 atom stereocenters. The number of aromatic amines is 1. The predicted molar refractivity (Wildman–Crippen MR) is 112 cm³/mol. The zero-order valence-corrected chi connectivity index (χ0v) is 17.2. The molecule has 2 aromatic carbocycles. The lowest BCUT2D eigenvalue weighted by molar-refractivity contribution is -0.121. The minimum absolute atomic E-state index is 0.0688. The number of para-hydroxylation sites is 2. The molecule has 0 spiro atoms. The molecule has 7 nitrogen and oxygen atoms in total. The van der Waals surface area contributed by atoms with Crippen LogP contribution in [-0.2, 0) is 11.2 Å².